The van der Waals surface area contributed by atoms with Crippen molar-refractivity contribution in [2.75, 3.05) is 4.90 Å². The fraction of sp³-hybridized carbons (Fsp3) is 0.310. The first-order chi connectivity index (χ1) is 18.3. The van der Waals surface area contributed by atoms with Crippen molar-refractivity contribution in [3.63, 3.8) is 0 Å². The van der Waals surface area contributed by atoms with Gasteiger partial charge in [0.05, 0.1) is 47.2 Å². The number of carbonyl (C=O) groups excluding carboxylic acids is 1. The number of ether oxygens (including phenoxy) is 1. The lowest BCUT2D eigenvalue weighted by Crippen LogP contribution is -2.35. The van der Waals surface area contributed by atoms with E-state index in [0.29, 0.717) is 36.0 Å². The van der Waals surface area contributed by atoms with Gasteiger partial charge in [0.2, 0.25) is 0 Å². The molecule has 4 aromatic rings. The highest BCUT2D eigenvalue weighted by molar-refractivity contribution is 5.95. The van der Waals surface area contributed by atoms with Crippen LogP contribution in [0.1, 0.15) is 57.1 Å². The number of rotatable bonds is 6. The highest BCUT2D eigenvalue weighted by Gasteiger charge is 2.30. The summed E-state index contributed by atoms with van der Waals surface area (Å²) >= 11 is 0. The van der Waals surface area contributed by atoms with Gasteiger partial charge < -0.3 is 9.30 Å². The lowest BCUT2D eigenvalue weighted by Gasteiger charge is -2.27. The van der Waals surface area contributed by atoms with Crippen molar-refractivity contribution in [2.45, 2.75) is 58.1 Å². The van der Waals surface area contributed by atoms with Crippen molar-refractivity contribution in [3.05, 3.63) is 66.1 Å². The van der Waals surface area contributed by atoms with E-state index in [1.807, 2.05) is 28.8 Å². The second-order valence-electron chi connectivity index (χ2n) is 10.3. The molecule has 0 N–H and O–H groups in total. The molecule has 3 heterocycles. The Labute approximate surface area is 220 Å². The van der Waals surface area contributed by atoms with Gasteiger partial charge in [-0.15, -0.1) is 0 Å². The van der Waals surface area contributed by atoms with E-state index in [2.05, 4.69) is 28.2 Å². The number of carbonyl (C=O) groups is 1. The molecule has 9 heteroatoms. The predicted octanol–water partition coefficient (Wildman–Crippen LogP) is 6.23. The maximum absolute atomic E-state index is 13.5. The van der Waals surface area contributed by atoms with E-state index < -0.39 is 11.7 Å². The van der Waals surface area contributed by atoms with Gasteiger partial charge in [-0.05, 0) is 81.5 Å². The number of benzene rings is 1. The highest BCUT2D eigenvalue weighted by Crippen LogP contribution is 2.43. The first-order valence-electron chi connectivity index (χ1n) is 12.5. The fourth-order valence-corrected chi connectivity index (χ4v) is 4.25. The quantitative estimate of drug-likeness (QED) is 0.304. The van der Waals surface area contributed by atoms with Gasteiger partial charge in [-0.2, -0.15) is 10.5 Å². The fourth-order valence-electron chi connectivity index (χ4n) is 4.25. The molecule has 1 aliphatic carbocycles. The minimum absolute atomic E-state index is 0.261. The Balaban J connectivity index is 1.62. The smallest absolute Gasteiger partial charge is 0.421 e. The molecule has 0 aliphatic heterocycles. The third-order valence-corrected chi connectivity index (χ3v) is 6.17. The Morgan fingerprint density at radius 2 is 1.92 bits per heavy atom. The Hall–Kier alpha value is -4.76. The molecule has 5 rings (SSSR count). The van der Waals surface area contributed by atoms with Gasteiger partial charge in [0, 0.05) is 18.3 Å². The summed E-state index contributed by atoms with van der Waals surface area (Å²) in [6.07, 6.45) is 5.15. The van der Waals surface area contributed by atoms with E-state index >= 15 is 0 Å². The van der Waals surface area contributed by atoms with Crippen LogP contribution < -0.4 is 4.90 Å². The minimum Gasteiger partial charge on any atom is -0.443 e. The summed E-state index contributed by atoms with van der Waals surface area (Å²) in [6, 6.07) is 17.3. The molecule has 1 aliphatic rings. The average Bonchev–Trinajstić information content (AvgIpc) is 3.67. The van der Waals surface area contributed by atoms with Crippen LogP contribution in [0.15, 0.2) is 55.0 Å². The number of hydrogen-bond donors (Lipinski definition) is 0. The molecule has 0 unspecified atom stereocenters. The van der Waals surface area contributed by atoms with Crippen LogP contribution in [-0.2, 0) is 11.3 Å². The standard InChI is InChI=1S/C29H27N7O2/c1-29(2,3)38-28(37)36(26-13-19(17-31)9-11-32-26)27-16-22(20-5-6-20)15-23(34-27)21-7-8-25-24(14-21)33-18-35(25)12-4-10-30/h7-9,11,13-16,18,20H,4-6,12H2,1-3H3. The lowest BCUT2D eigenvalue weighted by atomic mass is 10.1. The molecule has 1 saturated carbocycles. The normalized spacial score (nSPS) is 13.1. The maximum Gasteiger partial charge on any atom is 0.421 e. The Morgan fingerprint density at radius 1 is 1.11 bits per heavy atom. The minimum atomic E-state index is -0.742. The van der Waals surface area contributed by atoms with Crippen LogP contribution in [0.3, 0.4) is 0 Å². The number of aromatic nitrogens is 4. The van der Waals surface area contributed by atoms with Gasteiger partial charge in [-0.1, -0.05) is 6.07 Å². The molecule has 190 valence electrons. The predicted molar refractivity (Wildman–Crippen MR) is 142 cm³/mol. The number of pyridine rings is 2. The number of amides is 1. The summed E-state index contributed by atoms with van der Waals surface area (Å²) in [7, 11) is 0. The molecule has 1 amide bonds. The molecule has 1 fully saturated rings. The van der Waals surface area contributed by atoms with E-state index in [4.69, 9.17) is 15.0 Å². The molecule has 0 saturated heterocycles. The van der Waals surface area contributed by atoms with Crippen molar-refractivity contribution in [3.8, 4) is 23.4 Å². The number of aryl methyl sites for hydroxylation is 1. The number of nitrogens with zero attached hydrogens (tertiary/aromatic N) is 7. The van der Waals surface area contributed by atoms with E-state index in [0.717, 1.165) is 35.0 Å². The largest absolute Gasteiger partial charge is 0.443 e. The zero-order chi connectivity index (χ0) is 26.9. The van der Waals surface area contributed by atoms with Crippen molar-refractivity contribution in [2.24, 2.45) is 0 Å². The third-order valence-electron chi connectivity index (χ3n) is 6.17. The van der Waals surface area contributed by atoms with Gasteiger partial charge in [-0.25, -0.2) is 24.6 Å². The molecular formula is C29H27N7O2. The SMILES string of the molecule is CC(C)(C)OC(=O)N(c1cc(C#N)ccn1)c1cc(C2CC2)cc(-c2ccc3c(c2)ncn3CCC#N)n1. The summed E-state index contributed by atoms with van der Waals surface area (Å²) in [5.74, 6) is 1.03. The van der Waals surface area contributed by atoms with Crippen LogP contribution in [-0.4, -0.2) is 31.2 Å². The van der Waals surface area contributed by atoms with E-state index in [-0.39, 0.29) is 5.82 Å². The van der Waals surface area contributed by atoms with Crippen LogP contribution in [0.2, 0.25) is 0 Å². The van der Waals surface area contributed by atoms with Crippen molar-refractivity contribution < 1.29 is 9.53 Å². The van der Waals surface area contributed by atoms with Crippen molar-refractivity contribution in [1.29, 1.82) is 10.5 Å². The molecule has 0 bridgehead atoms. The van der Waals surface area contributed by atoms with Gasteiger partial charge in [0.15, 0.2) is 0 Å². The summed E-state index contributed by atoms with van der Waals surface area (Å²) in [4.78, 5) is 28.6. The first-order valence-corrected chi connectivity index (χ1v) is 12.5. The van der Waals surface area contributed by atoms with Crippen LogP contribution in [0.4, 0.5) is 16.4 Å². The van der Waals surface area contributed by atoms with E-state index in [9.17, 15) is 10.1 Å². The molecular weight excluding hydrogens is 478 g/mol. The van der Waals surface area contributed by atoms with Crippen LogP contribution in [0.5, 0.6) is 0 Å². The second kappa shape index (κ2) is 9.95. The van der Waals surface area contributed by atoms with Crippen molar-refractivity contribution >= 4 is 28.8 Å². The maximum atomic E-state index is 13.5. The number of imidazole rings is 1. The topological polar surface area (TPSA) is 121 Å². The van der Waals surface area contributed by atoms with Gasteiger partial charge in [0.1, 0.15) is 17.2 Å². The zero-order valence-electron chi connectivity index (χ0n) is 21.5. The Morgan fingerprint density at radius 3 is 2.63 bits per heavy atom. The van der Waals surface area contributed by atoms with E-state index in [1.54, 1.807) is 39.2 Å². The molecule has 38 heavy (non-hydrogen) atoms. The van der Waals surface area contributed by atoms with E-state index in [1.165, 1.54) is 11.1 Å². The Kier molecular flexibility index (Phi) is 6.52. The first kappa shape index (κ1) is 24.9. The summed E-state index contributed by atoms with van der Waals surface area (Å²) < 4.78 is 7.68. The molecule has 0 atom stereocenters. The Bertz CT molecular complexity index is 1600. The van der Waals surface area contributed by atoms with Crippen LogP contribution >= 0.6 is 0 Å². The number of anilines is 2. The third kappa shape index (κ3) is 5.33. The summed E-state index contributed by atoms with van der Waals surface area (Å²) in [5.41, 5.74) is 4.00. The molecule has 0 spiro atoms. The number of fused-ring (bicyclic) bond motifs is 1. The lowest BCUT2D eigenvalue weighted by molar-refractivity contribution is 0.0597. The van der Waals surface area contributed by atoms with Crippen LogP contribution in [0, 0.1) is 22.7 Å². The van der Waals surface area contributed by atoms with Gasteiger partial charge in [0.25, 0.3) is 0 Å². The highest BCUT2D eigenvalue weighted by atomic mass is 16.6. The zero-order valence-corrected chi connectivity index (χ0v) is 21.5. The molecule has 1 aromatic carbocycles. The monoisotopic (exact) mass is 505 g/mol. The van der Waals surface area contributed by atoms with Gasteiger partial charge >= 0.3 is 6.09 Å². The molecule has 3 aromatic heterocycles. The summed E-state index contributed by atoms with van der Waals surface area (Å²) in [5, 5.41) is 18.4. The summed E-state index contributed by atoms with van der Waals surface area (Å²) in [6.45, 7) is 5.97. The average molecular weight is 506 g/mol. The van der Waals surface area contributed by atoms with Crippen LogP contribution in [0.25, 0.3) is 22.3 Å². The van der Waals surface area contributed by atoms with Gasteiger partial charge in [-0.3, -0.25) is 0 Å². The number of hydrogen-bond acceptors (Lipinski definition) is 7. The molecule has 9 nitrogen and oxygen atoms in total. The number of nitriles is 2. The van der Waals surface area contributed by atoms with Crippen molar-refractivity contribution in [1.82, 2.24) is 19.5 Å². The second-order valence-corrected chi connectivity index (χ2v) is 10.3. The molecule has 0 radical (unpaired) electrons.